The number of rotatable bonds is 5. The standard InChI is InChI=1S/C57H39NO/c1-57(2)52-22-12-10-20-47(52)48-31-29-40(35-53(48)57)58(39-28-30-46-44-18-7-6-16-42(44)43-17-8-9-19-45(43)51(46)34-39)38-26-24-36(25-27-38)41-32-33-50-49-21-11-13-23-54(49)59-56(50)55(41)37-14-4-3-5-15-37/h3-35H,1-2H3. The molecule has 12 rings (SSSR count). The van der Waals surface area contributed by atoms with Crippen molar-refractivity contribution in [3.8, 4) is 33.4 Å². The first kappa shape index (κ1) is 33.7. The summed E-state index contributed by atoms with van der Waals surface area (Å²) in [4.78, 5) is 2.44. The molecule has 278 valence electrons. The molecule has 0 saturated heterocycles. The molecule has 1 aliphatic carbocycles. The normalized spacial score (nSPS) is 13.1. The molecule has 0 amide bonds. The minimum atomic E-state index is -0.126. The Labute approximate surface area is 343 Å². The number of nitrogens with zero attached hydrogens (tertiary/aromatic N) is 1. The molecule has 0 aliphatic heterocycles. The second kappa shape index (κ2) is 12.8. The third kappa shape index (κ3) is 5.06. The lowest BCUT2D eigenvalue weighted by atomic mass is 9.82. The molecule has 0 spiro atoms. The van der Waals surface area contributed by atoms with Crippen molar-refractivity contribution in [3.63, 3.8) is 0 Å². The number of benzene rings is 10. The predicted octanol–water partition coefficient (Wildman–Crippen LogP) is 16.2. The number of fused-ring (bicyclic) bond motifs is 12. The van der Waals surface area contributed by atoms with Gasteiger partial charge in [0.2, 0.25) is 0 Å². The largest absolute Gasteiger partial charge is 0.455 e. The number of hydrogen-bond donors (Lipinski definition) is 0. The average Bonchev–Trinajstić information content (AvgIpc) is 3.78. The fourth-order valence-electron chi connectivity index (χ4n) is 10.0. The Morgan fingerprint density at radius 3 is 1.63 bits per heavy atom. The van der Waals surface area contributed by atoms with E-state index in [9.17, 15) is 0 Å². The molecule has 10 aromatic carbocycles. The summed E-state index contributed by atoms with van der Waals surface area (Å²) < 4.78 is 6.64. The average molecular weight is 754 g/mol. The maximum Gasteiger partial charge on any atom is 0.143 e. The van der Waals surface area contributed by atoms with Crippen molar-refractivity contribution in [2.45, 2.75) is 19.3 Å². The van der Waals surface area contributed by atoms with E-state index < -0.39 is 0 Å². The van der Waals surface area contributed by atoms with Gasteiger partial charge in [0.15, 0.2) is 0 Å². The lowest BCUT2D eigenvalue weighted by Gasteiger charge is -2.29. The van der Waals surface area contributed by atoms with E-state index in [1.807, 2.05) is 6.07 Å². The Morgan fingerprint density at radius 2 is 0.881 bits per heavy atom. The third-order valence-electron chi connectivity index (χ3n) is 12.9. The van der Waals surface area contributed by atoms with Gasteiger partial charge in [0.25, 0.3) is 0 Å². The molecule has 0 radical (unpaired) electrons. The molecule has 1 aliphatic rings. The maximum atomic E-state index is 6.64. The van der Waals surface area contributed by atoms with Crippen molar-refractivity contribution in [2.75, 3.05) is 4.90 Å². The SMILES string of the molecule is CC1(C)c2ccccc2-c2ccc(N(c3ccc(-c4ccc5c(oc6ccccc65)c4-c4ccccc4)cc3)c3ccc4c5ccccc5c5ccccc5c4c3)cc21. The first-order chi connectivity index (χ1) is 29.0. The van der Waals surface area contributed by atoms with Crippen molar-refractivity contribution in [2.24, 2.45) is 0 Å². The van der Waals surface area contributed by atoms with Gasteiger partial charge in [-0.25, -0.2) is 0 Å². The summed E-state index contributed by atoms with van der Waals surface area (Å²) in [6.45, 7) is 4.72. The fourth-order valence-corrected chi connectivity index (χ4v) is 10.0. The molecule has 0 unspecified atom stereocenters. The Balaban J connectivity index is 1.06. The molecule has 11 aromatic rings. The van der Waals surface area contributed by atoms with E-state index in [2.05, 4.69) is 213 Å². The first-order valence-corrected chi connectivity index (χ1v) is 20.5. The van der Waals surface area contributed by atoms with Gasteiger partial charge in [0.1, 0.15) is 11.2 Å². The Hall–Kier alpha value is -7.42. The van der Waals surface area contributed by atoms with E-state index in [0.717, 1.165) is 61.3 Å². The van der Waals surface area contributed by atoms with Crippen LogP contribution in [-0.4, -0.2) is 0 Å². The predicted molar refractivity (Wildman–Crippen MR) is 249 cm³/mol. The van der Waals surface area contributed by atoms with Gasteiger partial charge in [-0.1, -0.05) is 166 Å². The molecular weight excluding hydrogens is 715 g/mol. The minimum absolute atomic E-state index is 0.126. The molecule has 0 atom stereocenters. The van der Waals surface area contributed by atoms with Gasteiger partial charge < -0.3 is 9.32 Å². The number of hydrogen-bond acceptors (Lipinski definition) is 2. The highest BCUT2D eigenvalue weighted by atomic mass is 16.3. The van der Waals surface area contributed by atoms with Crippen LogP contribution in [0.4, 0.5) is 17.1 Å². The molecule has 0 N–H and O–H groups in total. The molecule has 1 heterocycles. The maximum absolute atomic E-state index is 6.64. The second-order valence-corrected chi connectivity index (χ2v) is 16.4. The molecule has 0 bridgehead atoms. The van der Waals surface area contributed by atoms with Crippen LogP contribution >= 0.6 is 0 Å². The molecule has 2 heteroatoms. The van der Waals surface area contributed by atoms with E-state index >= 15 is 0 Å². The van der Waals surface area contributed by atoms with Gasteiger partial charge in [-0.2, -0.15) is 0 Å². The summed E-state index contributed by atoms with van der Waals surface area (Å²) in [6.07, 6.45) is 0. The van der Waals surface area contributed by atoms with Crippen LogP contribution in [-0.2, 0) is 5.41 Å². The van der Waals surface area contributed by atoms with Gasteiger partial charge in [0, 0.05) is 38.8 Å². The monoisotopic (exact) mass is 753 g/mol. The molecule has 0 fully saturated rings. The topological polar surface area (TPSA) is 16.4 Å². The van der Waals surface area contributed by atoms with Gasteiger partial charge in [-0.05, 0) is 120 Å². The van der Waals surface area contributed by atoms with Crippen LogP contribution in [0.5, 0.6) is 0 Å². The second-order valence-electron chi connectivity index (χ2n) is 16.4. The summed E-state index contributed by atoms with van der Waals surface area (Å²) >= 11 is 0. The first-order valence-electron chi connectivity index (χ1n) is 20.5. The minimum Gasteiger partial charge on any atom is -0.455 e. The fraction of sp³-hybridized carbons (Fsp3) is 0.0526. The van der Waals surface area contributed by atoms with E-state index in [1.54, 1.807) is 0 Å². The van der Waals surface area contributed by atoms with Crippen LogP contribution < -0.4 is 4.90 Å². The van der Waals surface area contributed by atoms with Crippen LogP contribution in [0.25, 0.3) is 87.6 Å². The highest BCUT2D eigenvalue weighted by Crippen LogP contribution is 2.51. The highest BCUT2D eigenvalue weighted by Gasteiger charge is 2.35. The van der Waals surface area contributed by atoms with E-state index in [0.29, 0.717) is 0 Å². The smallest absolute Gasteiger partial charge is 0.143 e. The van der Waals surface area contributed by atoms with Crippen LogP contribution in [0.15, 0.2) is 205 Å². The summed E-state index contributed by atoms with van der Waals surface area (Å²) in [7, 11) is 0. The molecule has 59 heavy (non-hydrogen) atoms. The Kier molecular flexibility index (Phi) is 7.31. The summed E-state index contributed by atoms with van der Waals surface area (Å²) in [6, 6.07) is 73.2. The van der Waals surface area contributed by atoms with E-state index in [4.69, 9.17) is 4.42 Å². The van der Waals surface area contributed by atoms with E-state index in [1.165, 1.54) is 54.6 Å². The van der Waals surface area contributed by atoms with Crippen LogP contribution in [0.1, 0.15) is 25.0 Å². The third-order valence-corrected chi connectivity index (χ3v) is 12.9. The number of para-hydroxylation sites is 1. The van der Waals surface area contributed by atoms with Crippen molar-refractivity contribution in [3.05, 3.63) is 211 Å². The quantitative estimate of drug-likeness (QED) is 0.163. The molecule has 0 saturated carbocycles. The summed E-state index contributed by atoms with van der Waals surface area (Å²) in [5, 5.41) is 9.87. The van der Waals surface area contributed by atoms with Gasteiger partial charge in [-0.15, -0.1) is 0 Å². The van der Waals surface area contributed by atoms with Gasteiger partial charge in [0.05, 0.1) is 0 Å². The van der Waals surface area contributed by atoms with Crippen molar-refractivity contribution < 1.29 is 4.42 Å². The Morgan fingerprint density at radius 1 is 0.356 bits per heavy atom. The zero-order valence-electron chi connectivity index (χ0n) is 32.9. The van der Waals surface area contributed by atoms with E-state index in [-0.39, 0.29) is 5.41 Å². The lowest BCUT2D eigenvalue weighted by molar-refractivity contribution is 0.660. The molecular formula is C57H39NO. The van der Waals surface area contributed by atoms with Crippen LogP contribution in [0.3, 0.4) is 0 Å². The summed E-state index contributed by atoms with van der Waals surface area (Å²) in [5.74, 6) is 0. The number of anilines is 3. The molecule has 1 aromatic heterocycles. The highest BCUT2D eigenvalue weighted by molar-refractivity contribution is 6.26. The van der Waals surface area contributed by atoms with Crippen molar-refractivity contribution in [1.82, 2.24) is 0 Å². The lowest BCUT2D eigenvalue weighted by Crippen LogP contribution is -2.16. The summed E-state index contributed by atoms with van der Waals surface area (Å²) in [5.41, 5.74) is 14.9. The van der Waals surface area contributed by atoms with Crippen LogP contribution in [0.2, 0.25) is 0 Å². The Bertz CT molecular complexity index is 3430. The van der Waals surface area contributed by atoms with Crippen molar-refractivity contribution in [1.29, 1.82) is 0 Å². The zero-order valence-corrected chi connectivity index (χ0v) is 32.9. The van der Waals surface area contributed by atoms with Crippen LogP contribution in [0, 0.1) is 0 Å². The molecule has 2 nitrogen and oxygen atoms in total. The zero-order chi connectivity index (χ0) is 39.2. The van der Waals surface area contributed by atoms with Gasteiger partial charge >= 0.3 is 0 Å². The number of furan rings is 1. The van der Waals surface area contributed by atoms with Gasteiger partial charge in [-0.3, -0.25) is 0 Å². The van der Waals surface area contributed by atoms with Crippen molar-refractivity contribution >= 4 is 71.3 Å².